The first-order valence-electron chi connectivity index (χ1n) is 16.0. The van der Waals surface area contributed by atoms with E-state index in [0.717, 1.165) is 67.1 Å². The molecule has 2 bridgehead atoms. The van der Waals surface area contributed by atoms with E-state index in [4.69, 9.17) is 14.7 Å². The predicted octanol–water partition coefficient (Wildman–Crippen LogP) is 4.55. The Morgan fingerprint density at radius 3 is 2.60 bits per heavy atom. The third-order valence-corrected chi connectivity index (χ3v) is 10.6. The first-order chi connectivity index (χ1) is 20.5. The Kier molecular flexibility index (Phi) is 6.44. The molecule has 2 N–H and O–H groups in total. The van der Waals surface area contributed by atoms with E-state index in [1.54, 1.807) is 18.2 Å². The molecule has 222 valence electrons. The lowest BCUT2D eigenvalue weighted by Crippen LogP contribution is -2.52. The number of aromatic hydroxyl groups is 1. The zero-order chi connectivity index (χ0) is 28.4. The summed E-state index contributed by atoms with van der Waals surface area (Å²) in [6.45, 7) is 8.17. The largest absolute Gasteiger partial charge is 0.508 e. The number of phenolic OH excluding ortho intramolecular Hbond substituents is 1. The number of nitrogens with zero attached hydrogens (tertiary/aromatic N) is 5. The van der Waals surface area contributed by atoms with Crippen molar-refractivity contribution in [2.45, 2.75) is 82.5 Å². The second-order valence-corrected chi connectivity index (χ2v) is 13.1. The van der Waals surface area contributed by atoms with Gasteiger partial charge in [-0.2, -0.15) is 9.97 Å². The van der Waals surface area contributed by atoms with Gasteiger partial charge in [-0.1, -0.05) is 13.0 Å². The van der Waals surface area contributed by atoms with Gasteiger partial charge in [0, 0.05) is 54.4 Å². The van der Waals surface area contributed by atoms with Crippen LogP contribution in [0.25, 0.3) is 10.8 Å². The zero-order valence-corrected chi connectivity index (χ0v) is 24.5. The molecule has 4 saturated heterocycles. The highest BCUT2D eigenvalue weighted by Gasteiger charge is 2.45. The second-order valence-electron chi connectivity index (χ2n) is 13.1. The zero-order valence-electron chi connectivity index (χ0n) is 24.5. The van der Waals surface area contributed by atoms with Gasteiger partial charge in [0.25, 0.3) is 0 Å². The number of nitrogens with one attached hydrogen (secondary N) is 1. The van der Waals surface area contributed by atoms with E-state index in [9.17, 15) is 9.50 Å². The maximum absolute atomic E-state index is 15.0. The molecule has 1 aromatic heterocycles. The van der Waals surface area contributed by atoms with Crippen molar-refractivity contribution in [1.82, 2.24) is 20.2 Å². The van der Waals surface area contributed by atoms with E-state index >= 15 is 0 Å². The molecule has 4 fully saturated rings. The molecule has 0 saturated carbocycles. The fourth-order valence-corrected chi connectivity index (χ4v) is 8.62. The number of halogens is 1. The number of aromatic nitrogens is 2. The number of hydrogen-bond acceptors (Lipinski definition) is 8. The number of fused-ring (bicyclic) bond motifs is 5. The summed E-state index contributed by atoms with van der Waals surface area (Å²) in [7, 11) is 0. The van der Waals surface area contributed by atoms with Crippen LogP contribution in [0.15, 0.2) is 24.3 Å². The number of ether oxygens (including phenoxy) is 1. The van der Waals surface area contributed by atoms with E-state index in [1.165, 1.54) is 50.2 Å². The molecular formula is C33H41FN6O2. The van der Waals surface area contributed by atoms with Crippen molar-refractivity contribution in [2.24, 2.45) is 0 Å². The van der Waals surface area contributed by atoms with Gasteiger partial charge in [-0.05, 0) is 87.5 Å². The summed E-state index contributed by atoms with van der Waals surface area (Å²) >= 11 is 0. The van der Waals surface area contributed by atoms with Gasteiger partial charge < -0.3 is 25.0 Å². The monoisotopic (exact) mass is 572 g/mol. The van der Waals surface area contributed by atoms with Crippen molar-refractivity contribution in [3.8, 4) is 11.8 Å². The van der Waals surface area contributed by atoms with Crippen LogP contribution in [0.5, 0.6) is 11.8 Å². The molecule has 0 radical (unpaired) electrons. The highest BCUT2D eigenvalue weighted by atomic mass is 19.1. The topological polar surface area (TPSA) is 77.0 Å². The maximum Gasteiger partial charge on any atom is 0.318 e. The summed E-state index contributed by atoms with van der Waals surface area (Å²) in [6.07, 6.45) is 8.62. The fraction of sp³-hybridized carbons (Fsp3) is 0.576. The minimum Gasteiger partial charge on any atom is -0.508 e. The minimum absolute atomic E-state index is 0.126. The van der Waals surface area contributed by atoms with Gasteiger partial charge in [0.05, 0.1) is 17.8 Å². The van der Waals surface area contributed by atoms with Crippen LogP contribution in [0.4, 0.5) is 15.9 Å². The number of phenols is 1. The Morgan fingerprint density at radius 1 is 1.05 bits per heavy atom. The minimum atomic E-state index is -0.199. The molecule has 6 heterocycles. The van der Waals surface area contributed by atoms with Gasteiger partial charge in [0.2, 0.25) is 0 Å². The van der Waals surface area contributed by atoms with Crippen molar-refractivity contribution < 1.29 is 14.2 Å². The first-order valence-corrected chi connectivity index (χ1v) is 16.0. The van der Waals surface area contributed by atoms with Crippen LogP contribution in [-0.4, -0.2) is 76.9 Å². The van der Waals surface area contributed by atoms with E-state index in [2.05, 4.69) is 20.0 Å². The molecule has 0 amide bonds. The van der Waals surface area contributed by atoms with E-state index in [-0.39, 0.29) is 17.1 Å². The van der Waals surface area contributed by atoms with Gasteiger partial charge in [0.15, 0.2) is 0 Å². The van der Waals surface area contributed by atoms with Gasteiger partial charge in [0.1, 0.15) is 24.0 Å². The van der Waals surface area contributed by atoms with Crippen LogP contribution >= 0.6 is 0 Å². The maximum atomic E-state index is 15.0. The summed E-state index contributed by atoms with van der Waals surface area (Å²) in [4.78, 5) is 17.5. The number of anilines is 2. The predicted molar refractivity (Wildman–Crippen MR) is 162 cm³/mol. The molecule has 8 nitrogen and oxygen atoms in total. The molecule has 5 aliphatic heterocycles. The first kappa shape index (κ1) is 26.5. The van der Waals surface area contributed by atoms with Gasteiger partial charge in [-0.25, -0.2) is 4.39 Å². The molecule has 5 aliphatic rings. The number of aryl methyl sites for hydroxylation is 1. The molecule has 0 spiro atoms. The summed E-state index contributed by atoms with van der Waals surface area (Å²) < 4.78 is 21.5. The molecule has 0 aliphatic carbocycles. The lowest BCUT2D eigenvalue weighted by molar-refractivity contribution is 0.107. The van der Waals surface area contributed by atoms with Crippen LogP contribution in [-0.2, 0) is 19.4 Å². The number of hydrogen-bond donors (Lipinski definition) is 2. The molecule has 2 unspecified atom stereocenters. The summed E-state index contributed by atoms with van der Waals surface area (Å²) in [5, 5.41) is 16.1. The molecule has 2 aromatic carbocycles. The Morgan fingerprint density at radius 2 is 1.83 bits per heavy atom. The third-order valence-electron chi connectivity index (χ3n) is 10.6. The van der Waals surface area contributed by atoms with Crippen LogP contribution in [0.3, 0.4) is 0 Å². The summed E-state index contributed by atoms with van der Waals surface area (Å²) in [5.41, 5.74) is 3.86. The van der Waals surface area contributed by atoms with Gasteiger partial charge in [-0.3, -0.25) is 4.90 Å². The molecule has 3 aromatic rings. The highest BCUT2D eigenvalue weighted by molar-refractivity contribution is 5.98. The van der Waals surface area contributed by atoms with Crippen molar-refractivity contribution in [3.63, 3.8) is 0 Å². The molecule has 2 atom stereocenters. The van der Waals surface area contributed by atoms with E-state index in [1.807, 2.05) is 6.92 Å². The Hall–Kier alpha value is -3.17. The Balaban J connectivity index is 1.17. The summed E-state index contributed by atoms with van der Waals surface area (Å²) in [6, 6.07) is 8.28. The van der Waals surface area contributed by atoms with Gasteiger partial charge in [-0.15, -0.1) is 0 Å². The smallest absolute Gasteiger partial charge is 0.318 e. The second kappa shape index (κ2) is 10.2. The third kappa shape index (κ3) is 4.39. The van der Waals surface area contributed by atoms with Crippen molar-refractivity contribution >= 4 is 22.3 Å². The standard InChI is InChI=1S/C33H41FN6O2/c1-2-25-27(34)8-5-21-15-24(41)16-29(30(21)25)38-14-9-26-28(19-38)36-32(42-20-33-10-3-12-40(33)13-4-11-33)37-31(26)39-17-22-6-7-23(18-39)35-22/h5,8,15-16,22-23,35,41H,2-4,6-7,9-14,17-20H2,1H3. The molecule has 42 heavy (non-hydrogen) atoms. The van der Waals surface area contributed by atoms with Crippen LogP contribution in [0, 0.1) is 5.82 Å². The van der Waals surface area contributed by atoms with E-state index < -0.39 is 0 Å². The lowest BCUT2D eigenvalue weighted by atomic mass is 9.95. The van der Waals surface area contributed by atoms with Crippen molar-refractivity contribution in [2.75, 3.05) is 49.1 Å². The van der Waals surface area contributed by atoms with Crippen molar-refractivity contribution in [1.29, 1.82) is 0 Å². The van der Waals surface area contributed by atoms with Gasteiger partial charge >= 0.3 is 6.01 Å². The molecule has 9 heteroatoms. The number of benzene rings is 2. The normalized spacial score (nSPS) is 24.8. The van der Waals surface area contributed by atoms with E-state index in [0.29, 0.717) is 43.2 Å². The Labute approximate surface area is 246 Å². The SMILES string of the molecule is CCc1c(F)ccc2cc(O)cc(N3CCc4c(nc(OCC56CCCN5CCC6)nc4N4CC5CCC(C4)N5)C3)c12. The van der Waals surface area contributed by atoms with Crippen LogP contribution in [0.1, 0.15) is 62.3 Å². The average Bonchev–Trinajstić information content (AvgIpc) is 3.68. The summed E-state index contributed by atoms with van der Waals surface area (Å²) in [5.74, 6) is 1.02. The van der Waals surface area contributed by atoms with Crippen molar-refractivity contribution in [3.05, 3.63) is 46.9 Å². The number of rotatable bonds is 6. The average molecular weight is 573 g/mol. The van der Waals surface area contributed by atoms with Crippen LogP contribution < -0.4 is 19.9 Å². The lowest BCUT2D eigenvalue weighted by Gasteiger charge is -2.38. The Bertz CT molecular complexity index is 1510. The fourth-order valence-electron chi connectivity index (χ4n) is 8.62. The number of piperazine rings is 1. The quantitative estimate of drug-likeness (QED) is 0.446. The van der Waals surface area contributed by atoms with Crippen LogP contribution in [0.2, 0.25) is 0 Å². The molecule has 8 rings (SSSR count). The highest BCUT2D eigenvalue weighted by Crippen LogP contribution is 2.41. The molecular weight excluding hydrogens is 531 g/mol.